The van der Waals surface area contributed by atoms with E-state index in [4.69, 9.17) is 16.3 Å². The fraction of sp³-hybridized carbons (Fsp3) is 0.571. The second-order valence-corrected chi connectivity index (χ2v) is 16.8. The third kappa shape index (κ3) is 5.25. The number of nitrogens with zero attached hydrogens (tertiary/aromatic N) is 1. The van der Waals surface area contributed by atoms with Crippen LogP contribution in [-0.4, -0.2) is 50.0 Å². The summed E-state index contributed by atoms with van der Waals surface area (Å²) in [6.07, 6.45) is 11.2. The van der Waals surface area contributed by atoms with Crippen LogP contribution in [0.5, 0.6) is 5.75 Å². The monoisotopic (exact) mass is 638 g/mol. The van der Waals surface area contributed by atoms with Crippen LogP contribution in [0.15, 0.2) is 48.6 Å². The average molecular weight is 639 g/mol. The molecule has 7 rings (SSSR count). The number of nitrogens with one attached hydrogen (secondary N) is 1. The molecule has 2 heterocycles. The Morgan fingerprint density at radius 1 is 1.14 bits per heavy atom. The molecule has 0 aromatic heterocycles. The molecular weight excluding hydrogens is 596 g/mol. The Labute approximate surface area is 266 Å². The van der Waals surface area contributed by atoms with Crippen LogP contribution in [0.2, 0.25) is 5.02 Å². The van der Waals surface area contributed by atoms with Crippen molar-refractivity contribution in [1.29, 1.82) is 0 Å². The highest BCUT2D eigenvalue weighted by atomic mass is 35.5. The summed E-state index contributed by atoms with van der Waals surface area (Å²) >= 11 is 6.42. The summed E-state index contributed by atoms with van der Waals surface area (Å²) in [5.74, 6) is 0.427. The molecule has 1 unspecified atom stereocenters. The molecule has 4 bridgehead atoms. The summed E-state index contributed by atoms with van der Waals surface area (Å²) < 4.78 is 35.8. The van der Waals surface area contributed by atoms with E-state index in [9.17, 15) is 18.3 Å². The molecule has 9 heteroatoms. The van der Waals surface area contributed by atoms with Gasteiger partial charge in [0.05, 0.1) is 23.1 Å². The van der Waals surface area contributed by atoms with E-state index >= 15 is 0 Å². The Hall–Kier alpha value is -2.55. The Morgan fingerprint density at radius 3 is 2.77 bits per heavy atom. The molecule has 1 saturated carbocycles. The van der Waals surface area contributed by atoms with E-state index in [1.807, 2.05) is 19.1 Å². The molecule has 2 aromatic rings. The lowest BCUT2D eigenvalue weighted by molar-refractivity contribution is -0.0952. The predicted octanol–water partition coefficient (Wildman–Crippen LogP) is 6.02. The van der Waals surface area contributed by atoms with Crippen LogP contribution >= 0.6 is 11.6 Å². The number of anilines is 1. The number of hydrogen-bond donors (Lipinski definition) is 2. The molecule has 1 amide bonds. The zero-order valence-electron chi connectivity index (χ0n) is 25.6. The first kappa shape index (κ1) is 30.1. The lowest BCUT2D eigenvalue weighted by Crippen LogP contribution is -2.54. The van der Waals surface area contributed by atoms with Crippen LogP contribution in [0.1, 0.15) is 80.3 Å². The van der Waals surface area contributed by atoms with Gasteiger partial charge in [0, 0.05) is 29.1 Å². The SMILES string of the molecule is C[C@@H]1[C@@H](C)C[C@H]2C=CCC(O)(C2)[C@@H]2CC[C@H]2CN2C[C@@]3(CCCc4cc(Cl)ccc43)COc3ccc(cc32)C(=O)NS1(=O)=O. The van der Waals surface area contributed by atoms with Gasteiger partial charge in [0.1, 0.15) is 5.75 Å². The standard InChI is InChI=1S/C35H43ClN2O5S/c1-22-15-24-5-3-14-35(40,18-24)30-10-7-27(30)19-38-20-34(13-4-6-25-16-28(36)9-11-29(25)34)21-43-32-12-8-26(17-31(32)38)33(39)37-44(41,42)23(22)2/h3,5,8-9,11-12,16-17,22-24,27,30,40H,4,6-7,10,13-15,18-21H2,1-2H3,(H,37,39)/t22-,23+,24+,27-,30+,34-,35?/m0/s1. The largest absolute Gasteiger partial charge is 0.490 e. The van der Waals surface area contributed by atoms with Crippen molar-refractivity contribution in [1.82, 2.24) is 4.72 Å². The highest BCUT2D eigenvalue weighted by Gasteiger charge is 2.50. The number of halogens is 1. The molecule has 1 fully saturated rings. The molecule has 2 aromatic carbocycles. The molecule has 2 aliphatic heterocycles. The van der Waals surface area contributed by atoms with E-state index in [0.717, 1.165) is 49.4 Å². The van der Waals surface area contributed by atoms with Gasteiger partial charge in [-0.2, -0.15) is 0 Å². The zero-order chi connectivity index (χ0) is 30.9. The quantitative estimate of drug-likeness (QED) is 0.343. The normalized spacial score (nSPS) is 36.2. The molecule has 2 N–H and O–H groups in total. The molecule has 7 nitrogen and oxygen atoms in total. The number of hydrogen-bond acceptors (Lipinski definition) is 6. The molecule has 5 aliphatic rings. The van der Waals surface area contributed by atoms with Crippen molar-refractivity contribution >= 4 is 33.2 Å². The maximum atomic E-state index is 13.5. The molecule has 236 valence electrons. The maximum absolute atomic E-state index is 13.5. The van der Waals surface area contributed by atoms with Crippen molar-refractivity contribution in [3.8, 4) is 5.75 Å². The summed E-state index contributed by atoms with van der Waals surface area (Å²) in [7, 11) is -3.93. The third-order valence-electron chi connectivity index (χ3n) is 11.6. The van der Waals surface area contributed by atoms with Gasteiger partial charge in [0.25, 0.3) is 5.91 Å². The number of rotatable bonds is 0. The van der Waals surface area contributed by atoms with Crippen LogP contribution in [0.3, 0.4) is 0 Å². The van der Waals surface area contributed by atoms with E-state index < -0.39 is 26.8 Å². The van der Waals surface area contributed by atoms with Crippen molar-refractivity contribution in [2.45, 2.75) is 81.5 Å². The fourth-order valence-corrected chi connectivity index (χ4v) is 10.3. The minimum absolute atomic E-state index is 0.0889. The van der Waals surface area contributed by atoms with Crippen LogP contribution in [0.25, 0.3) is 0 Å². The van der Waals surface area contributed by atoms with Crippen molar-refractivity contribution in [2.24, 2.45) is 23.7 Å². The molecule has 3 aliphatic carbocycles. The van der Waals surface area contributed by atoms with Crippen molar-refractivity contribution in [3.05, 3.63) is 70.3 Å². The van der Waals surface area contributed by atoms with E-state index in [2.05, 4.69) is 33.9 Å². The molecule has 0 radical (unpaired) electrons. The van der Waals surface area contributed by atoms with Crippen molar-refractivity contribution in [3.63, 3.8) is 0 Å². The number of amides is 1. The van der Waals surface area contributed by atoms with E-state index in [1.54, 1.807) is 19.1 Å². The van der Waals surface area contributed by atoms with Gasteiger partial charge in [-0.15, -0.1) is 0 Å². The molecule has 7 atom stereocenters. The Balaban J connectivity index is 1.32. The topological polar surface area (TPSA) is 95.9 Å². The van der Waals surface area contributed by atoms with Gasteiger partial charge >= 0.3 is 0 Å². The Morgan fingerprint density at radius 2 is 1.98 bits per heavy atom. The van der Waals surface area contributed by atoms with Gasteiger partial charge in [0.2, 0.25) is 10.0 Å². The summed E-state index contributed by atoms with van der Waals surface area (Å²) in [6.45, 7) is 5.54. The number of ether oxygens (including phenoxy) is 1. The highest BCUT2D eigenvalue weighted by molar-refractivity contribution is 7.90. The van der Waals surface area contributed by atoms with E-state index in [1.165, 1.54) is 11.1 Å². The Bertz CT molecular complexity index is 1610. The van der Waals surface area contributed by atoms with Gasteiger partial charge in [-0.1, -0.05) is 36.7 Å². The number of carbonyl (C=O) groups is 1. The van der Waals surface area contributed by atoms with Crippen molar-refractivity contribution in [2.75, 3.05) is 24.6 Å². The second kappa shape index (κ2) is 11.1. The first-order valence-corrected chi connectivity index (χ1v) is 18.1. The summed E-state index contributed by atoms with van der Waals surface area (Å²) in [6, 6.07) is 11.5. The van der Waals surface area contributed by atoms with Crippen LogP contribution in [0, 0.1) is 23.7 Å². The maximum Gasteiger partial charge on any atom is 0.264 e. The molecular formula is C35H43ClN2O5S. The minimum Gasteiger partial charge on any atom is -0.490 e. The summed E-state index contributed by atoms with van der Waals surface area (Å²) in [4.78, 5) is 15.8. The predicted molar refractivity (Wildman–Crippen MR) is 173 cm³/mol. The number of fused-ring (bicyclic) bond motifs is 7. The molecule has 44 heavy (non-hydrogen) atoms. The van der Waals surface area contributed by atoms with Gasteiger partial charge in [0.15, 0.2) is 0 Å². The highest BCUT2D eigenvalue weighted by Crippen LogP contribution is 2.51. The molecule has 0 saturated heterocycles. The average Bonchev–Trinajstić information content (AvgIpc) is 3.10. The Kier molecular flexibility index (Phi) is 7.57. The second-order valence-electron chi connectivity index (χ2n) is 14.3. The van der Waals surface area contributed by atoms with Gasteiger partial charge < -0.3 is 14.7 Å². The first-order valence-electron chi connectivity index (χ1n) is 16.2. The zero-order valence-corrected chi connectivity index (χ0v) is 27.2. The van der Waals surface area contributed by atoms with Crippen LogP contribution in [0.4, 0.5) is 5.69 Å². The number of carbonyl (C=O) groups excluding carboxylic acids is 1. The van der Waals surface area contributed by atoms with Crippen LogP contribution in [-0.2, 0) is 21.9 Å². The van der Waals surface area contributed by atoms with Crippen LogP contribution < -0.4 is 14.4 Å². The number of sulfonamides is 1. The third-order valence-corrected chi connectivity index (χ3v) is 13.7. The number of aryl methyl sites for hydroxylation is 1. The number of benzene rings is 2. The summed E-state index contributed by atoms with van der Waals surface area (Å²) in [5.41, 5.74) is 2.56. The number of aliphatic hydroxyl groups is 1. The smallest absolute Gasteiger partial charge is 0.264 e. The molecule has 1 spiro atoms. The lowest BCUT2D eigenvalue weighted by atomic mass is 9.59. The summed E-state index contributed by atoms with van der Waals surface area (Å²) in [5, 5.41) is 12.1. The number of allylic oxidation sites excluding steroid dienone is 1. The van der Waals surface area contributed by atoms with Crippen molar-refractivity contribution < 1.29 is 23.1 Å². The van der Waals surface area contributed by atoms with Gasteiger partial charge in [-0.05, 0) is 123 Å². The minimum atomic E-state index is -3.93. The van der Waals surface area contributed by atoms with E-state index in [0.29, 0.717) is 49.6 Å². The van der Waals surface area contributed by atoms with Gasteiger partial charge in [-0.25, -0.2) is 13.1 Å². The van der Waals surface area contributed by atoms with E-state index in [-0.39, 0.29) is 23.2 Å². The first-order chi connectivity index (χ1) is 21.0. The fourth-order valence-electron chi connectivity index (χ4n) is 8.82. The lowest BCUT2D eigenvalue weighted by Gasteiger charge is -2.51. The van der Waals surface area contributed by atoms with Gasteiger partial charge in [-0.3, -0.25) is 4.79 Å².